The number of pyridine rings is 1. The lowest BCUT2D eigenvalue weighted by Crippen LogP contribution is -1.94. The molecule has 1 heterocycles. The van der Waals surface area contributed by atoms with E-state index < -0.39 is 0 Å². The summed E-state index contributed by atoms with van der Waals surface area (Å²) in [6.45, 7) is -0.0681. The molecule has 0 aliphatic rings. The number of ether oxygens (including phenoxy) is 1. The fraction of sp³-hybridized carbons (Fsp3) is 0.0625. The van der Waals surface area contributed by atoms with Crippen molar-refractivity contribution in [3.63, 3.8) is 0 Å². The molecule has 100 valence electrons. The summed E-state index contributed by atoms with van der Waals surface area (Å²) in [5, 5.41) is 11.1. The first-order valence-corrected chi connectivity index (χ1v) is 6.28. The lowest BCUT2D eigenvalue weighted by Gasteiger charge is -2.12. The Labute approximate surface area is 116 Å². The van der Waals surface area contributed by atoms with Crippen LogP contribution in [-0.4, -0.2) is 10.1 Å². The van der Waals surface area contributed by atoms with Crippen LogP contribution in [0.15, 0.2) is 54.9 Å². The van der Waals surface area contributed by atoms with Gasteiger partial charge in [-0.2, -0.15) is 0 Å². The third kappa shape index (κ3) is 2.17. The van der Waals surface area contributed by atoms with E-state index in [2.05, 4.69) is 4.98 Å². The molecule has 0 atom stereocenters. The quantitative estimate of drug-likeness (QED) is 0.715. The van der Waals surface area contributed by atoms with Crippen LogP contribution in [0.2, 0.25) is 0 Å². The van der Waals surface area contributed by atoms with E-state index in [9.17, 15) is 5.11 Å². The Balaban J connectivity index is 2.09. The standard InChI is InChI=1S/C16H14N2O2/c17-14-5-6-16(13-9-18-8-7-12(13)14)20-15-4-2-1-3-11(15)10-19/h1-9,19H,10,17H2. The van der Waals surface area contributed by atoms with Crippen molar-refractivity contribution in [2.24, 2.45) is 0 Å². The van der Waals surface area contributed by atoms with Crippen LogP contribution in [0.4, 0.5) is 5.69 Å². The molecule has 0 fully saturated rings. The average Bonchev–Trinajstić information content (AvgIpc) is 2.51. The second-order valence-electron chi connectivity index (χ2n) is 4.44. The van der Waals surface area contributed by atoms with Gasteiger partial charge in [0.15, 0.2) is 0 Å². The Morgan fingerprint density at radius 3 is 2.70 bits per heavy atom. The van der Waals surface area contributed by atoms with Crippen molar-refractivity contribution >= 4 is 16.5 Å². The molecule has 4 heteroatoms. The number of anilines is 1. The fourth-order valence-electron chi connectivity index (χ4n) is 2.13. The maximum atomic E-state index is 9.34. The Kier molecular flexibility index (Phi) is 3.23. The van der Waals surface area contributed by atoms with E-state index in [-0.39, 0.29) is 6.61 Å². The van der Waals surface area contributed by atoms with Gasteiger partial charge in [0, 0.05) is 34.4 Å². The second kappa shape index (κ2) is 5.19. The molecule has 3 N–H and O–H groups in total. The molecule has 1 aromatic heterocycles. The highest BCUT2D eigenvalue weighted by atomic mass is 16.5. The molecule has 0 aliphatic heterocycles. The van der Waals surface area contributed by atoms with Crippen LogP contribution in [0, 0.1) is 0 Å². The number of aromatic nitrogens is 1. The monoisotopic (exact) mass is 266 g/mol. The van der Waals surface area contributed by atoms with Gasteiger partial charge in [-0.15, -0.1) is 0 Å². The van der Waals surface area contributed by atoms with Gasteiger partial charge >= 0.3 is 0 Å². The van der Waals surface area contributed by atoms with E-state index in [1.807, 2.05) is 36.4 Å². The maximum Gasteiger partial charge on any atom is 0.136 e. The smallest absolute Gasteiger partial charge is 0.136 e. The molecule has 2 aromatic carbocycles. The topological polar surface area (TPSA) is 68.4 Å². The zero-order chi connectivity index (χ0) is 13.9. The van der Waals surface area contributed by atoms with Crippen LogP contribution in [0.3, 0.4) is 0 Å². The van der Waals surface area contributed by atoms with Gasteiger partial charge in [-0.05, 0) is 24.3 Å². The lowest BCUT2D eigenvalue weighted by molar-refractivity contribution is 0.276. The zero-order valence-electron chi connectivity index (χ0n) is 10.8. The second-order valence-corrected chi connectivity index (χ2v) is 4.44. The van der Waals surface area contributed by atoms with E-state index in [4.69, 9.17) is 10.5 Å². The van der Waals surface area contributed by atoms with Gasteiger partial charge in [0.05, 0.1) is 6.61 Å². The number of hydrogen-bond acceptors (Lipinski definition) is 4. The van der Waals surface area contributed by atoms with Crippen LogP contribution < -0.4 is 10.5 Å². The summed E-state index contributed by atoms with van der Waals surface area (Å²) in [6, 6.07) is 12.9. The lowest BCUT2D eigenvalue weighted by atomic mass is 10.1. The maximum absolute atomic E-state index is 9.34. The molecule has 3 rings (SSSR count). The molecule has 20 heavy (non-hydrogen) atoms. The van der Waals surface area contributed by atoms with E-state index in [0.717, 1.165) is 16.3 Å². The number of rotatable bonds is 3. The van der Waals surface area contributed by atoms with E-state index in [0.29, 0.717) is 17.2 Å². The first kappa shape index (κ1) is 12.4. The van der Waals surface area contributed by atoms with E-state index >= 15 is 0 Å². The molecule has 0 saturated heterocycles. The van der Waals surface area contributed by atoms with Gasteiger partial charge in [-0.3, -0.25) is 4.98 Å². The minimum absolute atomic E-state index is 0.0681. The predicted molar refractivity (Wildman–Crippen MR) is 78.6 cm³/mol. The van der Waals surface area contributed by atoms with Gasteiger partial charge in [0.25, 0.3) is 0 Å². The molecule has 0 spiro atoms. The van der Waals surface area contributed by atoms with Crippen molar-refractivity contribution in [1.29, 1.82) is 0 Å². The Hall–Kier alpha value is -2.59. The predicted octanol–water partition coefficient (Wildman–Crippen LogP) is 3.10. The number of fused-ring (bicyclic) bond motifs is 1. The molecule has 0 amide bonds. The summed E-state index contributed by atoms with van der Waals surface area (Å²) in [6.07, 6.45) is 3.42. The van der Waals surface area contributed by atoms with Crippen LogP contribution >= 0.6 is 0 Å². The van der Waals surface area contributed by atoms with Crippen molar-refractivity contribution in [3.8, 4) is 11.5 Å². The molecular formula is C16H14N2O2. The highest BCUT2D eigenvalue weighted by Gasteiger charge is 2.08. The molecule has 0 aliphatic carbocycles. The minimum Gasteiger partial charge on any atom is -0.456 e. The van der Waals surface area contributed by atoms with Crippen molar-refractivity contribution in [2.75, 3.05) is 5.73 Å². The van der Waals surface area contributed by atoms with E-state index in [1.54, 1.807) is 18.5 Å². The fourth-order valence-corrected chi connectivity index (χ4v) is 2.13. The van der Waals surface area contributed by atoms with Crippen LogP contribution in [0.1, 0.15) is 5.56 Å². The average molecular weight is 266 g/mol. The highest BCUT2D eigenvalue weighted by Crippen LogP contribution is 2.33. The Morgan fingerprint density at radius 1 is 1.00 bits per heavy atom. The van der Waals surface area contributed by atoms with E-state index in [1.165, 1.54) is 0 Å². The number of para-hydroxylation sites is 1. The molecule has 0 bridgehead atoms. The SMILES string of the molecule is Nc1ccc(Oc2ccccc2CO)c2cnccc12. The van der Waals surface area contributed by atoms with Crippen molar-refractivity contribution < 1.29 is 9.84 Å². The number of nitrogens with zero attached hydrogens (tertiary/aromatic N) is 1. The number of nitrogens with two attached hydrogens (primary N) is 1. The van der Waals surface area contributed by atoms with Gasteiger partial charge in [-0.1, -0.05) is 18.2 Å². The summed E-state index contributed by atoms with van der Waals surface area (Å²) in [5.41, 5.74) is 7.37. The first-order valence-electron chi connectivity index (χ1n) is 6.28. The van der Waals surface area contributed by atoms with Crippen molar-refractivity contribution in [3.05, 3.63) is 60.4 Å². The number of nitrogen functional groups attached to an aromatic ring is 1. The number of aliphatic hydroxyl groups excluding tert-OH is 1. The molecule has 3 aromatic rings. The Morgan fingerprint density at radius 2 is 1.85 bits per heavy atom. The van der Waals surface area contributed by atoms with Crippen molar-refractivity contribution in [1.82, 2.24) is 4.98 Å². The summed E-state index contributed by atoms with van der Waals surface area (Å²) >= 11 is 0. The highest BCUT2D eigenvalue weighted by molar-refractivity contribution is 5.96. The molecule has 4 nitrogen and oxygen atoms in total. The zero-order valence-corrected chi connectivity index (χ0v) is 10.8. The largest absolute Gasteiger partial charge is 0.456 e. The van der Waals surface area contributed by atoms with Crippen LogP contribution in [-0.2, 0) is 6.61 Å². The normalized spacial score (nSPS) is 10.7. The summed E-state index contributed by atoms with van der Waals surface area (Å²) < 4.78 is 5.91. The Bertz CT molecular complexity index is 756. The molecule has 0 saturated carbocycles. The summed E-state index contributed by atoms with van der Waals surface area (Å²) in [7, 11) is 0. The van der Waals surface area contributed by atoms with Gasteiger partial charge in [0.2, 0.25) is 0 Å². The summed E-state index contributed by atoms with van der Waals surface area (Å²) in [4.78, 5) is 4.11. The third-order valence-electron chi connectivity index (χ3n) is 3.17. The van der Waals surface area contributed by atoms with Crippen LogP contribution in [0.5, 0.6) is 11.5 Å². The summed E-state index contributed by atoms with van der Waals surface area (Å²) in [5.74, 6) is 1.30. The van der Waals surface area contributed by atoms with Gasteiger partial charge < -0.3 is 15.6 Å². The van der Waals surface area contributed by atoms with Gasteiger partial charge in [0.1, 0.15) is 11.5 Å². The minimum atomic E-state index is -0.0681. The molecule has 0 unspecified atom stereocenters. The van der Waals surface area contributed by atoms with Crippen LogP contribution in [0.25, 0.3) is 10.8 Å². The number of aliphatic hydroxyl groups is 1. The molecule has 0 radical (unpaired) electrons. The van der Waals surface area contributed by atoms with Crippen molar-refractivity contribution in [2.45, 2.75) is 6.61 Å². The number of benzene rings is 2. The number of hydrogen-bond donors (Lipinski definition) is 2. The molecular weight excluding hydrogens is 252 g/mol. The third-order valence-corrected chi connectivity index (χ3v) is 3.17. The first-order chi connectivity index (χ1) is 9.79. The van der Waals surface area contributed by atoms with Gasteiger partial charge in [-0.25, -0.2) is 0 Å².